The maximum atomic E-state index is 12.9. The lowest BCUT2D eigenvalue weighted by molar-refractivity contribution is -0.116. The highest BCUT2D eigenvalue weighted by atomic mass is 79.9. The van der Waals surface area contributed by atoms with Crippen molar-refractivity contribution in [3.8, 4) is 11.3 Å². The van der Waals surface area contributed by atoms with Crippen LogP contribution in [-0.2, 0) is 4.79 Å². The molecular formula is C14H14BrFN2OS. The largest absolute Gasteiger partial charge is 0.301 e. The monoisotopic (exact) mass is 356 g/mol. The van der Waals surface area contributed by atoms with Gasteiger partial charge in [0, 0.05) is 10.9 Å². The Morgan fingerprint density at radius 2 is 2.00 bits per heavy atom. The van der Waals surface area contributed by atoms with E-state index in [4.69, 9.17) is 0 Å². The standard InChI is InChI=1S/C14H14BrFN2OS/c1-8(2)12(15)13(19)18-14-17-11(7-20-14)9-3-5-10(16)6-4-9/h3-8,12H,1-2H3,(H,17,18,19). The van der Waals surface area contributed by atoms with Gasteiger partial charge in [-0.15, -0.1) is 11.3 Å². The summed E-state index contributed by atoms with van der Waals surface area (Å²) in [5, 5.41) is 5.15. The fraction of sp³-hybridized carbons (Fsp3) is 0.286. The highest BCUT2D eigenvalue weighted by molar-refractivity contribution is 9.10. The van der Waals surface area contributed by atoms with Crippen LogP contribution in [-0.4, -0.2) is 15.7 Å². The van der Waals surface area contributed by atoms with Crippen molar-refractivity contribution >= 4 is 38.3 Å². The molecule has 0 fully saturated rings. The van der Waals surface area contributed by atoms with Gasteiger partial charge in [0.15, 0.2) is 5.13 Å². The summed E-state index contributed by atoms with van der Waals surface area (Å²) >= 11 is 4.70. The number of amides is 1. The number of halogens is 2. The zero-order valence-corrected chi connectivity index (χ0v) is 13.5. The van der Waals surface area contributed by atoms with Gasteiger partial charge in [-0.05, 0) is 30.2 Å². The van der Waals surface area contributed by atoms with Crippen LogP contribution < -0.4 is 5.32 Å². The second-order valence-electron chi connectivity index (χ2n) is 4.68. The second-order valence-corrected chi connectivity index (χ2v) is 6.52. The van der Waals surface area contributed by atoms with Gasteiger partial charge in [0.2, 0.25) is 5.91 Å². The van der Waals surface area contributed by atoms with Crippen LogP contribution in [0.4, 0.5) is 9.52 Å². The fourth-order valence-corrected chi connectivity index (χ4v) is 2.40. The van der Waals surface area contributed by atoms with Gasteiger partial charge in [-0.3, -0.25) is 4.79 Å². The van der Waals surface area contributed by atoms with Crippen molar-refractivity contribution in [1.29, 1.82) is 0 Å². The van der Waals surface area contributed by atoms with E-state index in [2.05, 4.69) is 26.2 Å². The smallest absolute Gasteiger partial charge is 0.240 e. The highest BCUT2D eigenvalue weighted by Gasteiger charge is 2.19. The van der Waals surface area contributed by atoms with E-state index < -0.39 is 0 Å². The Labute approximate surface area is 129 Å². The van der Waals surface area contributed by atoms with Crippen LogP contribution >= 0.6 is 27.3 Å². The summed E-state index contributed by atoms with van der Waals surface area (Å²) in [6.07, 6.45) is 0. The number of rotatable bonds is 4. The average Bonchev–Trinajstić information content (AvgIpc) is 2.87. The third kappa shape index (κ3) is 3.64. The van der Waals surface area contributed by atoms with E-state index in [-0.39, 0.29) is 22.5 Å². The molecule has 1 heterocycles. The minimum Gasteiger partial charge on any atom is -0.301 e. The van der Waals surface area contributed by atoms with Crippen molar-refractivity contribution in [2.24, 2.45) is 5.92 Å². The van der Waals surface area contributed by atoms with Crippen LogP contribution in [0.3, 0.4) is 0 Å². The molecule has 0 saturated heterocycles. The molecule has 0 aliphatic rings. The van der Waals surface area contributed by atoms with Gasteiger partial charge in [-0.2, -0.15) is 0 Å². The third-order valence-corrected chi connectivity index (χ3v) is 4.94. The Kier molecular flexibility index (Phi) is 4.88. The number of alkyl halides is 1. The van der Waals surface area contributed by atoms with Crippen LogP contribution in [0.15, 0.2) is 29.6 Å². The summed E-state index contributed by atoms with van der Waals surface area (Å²) in [5.41, 5.74) is 1.54. The number of nitrogens with zero attached hydrogens (tertiary/aromatic N) is 1. The van der Waals surface area contributed by atoms with Crippen LogP contribution in [0, 0.1) is 11.7 Å². The predicted molar refractivity (Wildman–Crippen MR) is 83.7 cm³/mol. The summed E-state index contributed by atoms with van der Waals surface area (Å²) in [5.74, 6) is -0.192. The lowest BCUT2D eigenvalue weighted by atomic mass is 10.1. The van der Waals surface area contributed by atoms with Gasteiger partial charge < -0.3 is 5.32 Å². The van der Waals surface area contributed by atoms with Crippen LogP contribution in [0.1, 0.15) is 13.8 Å². The predicted octanol–water partition coefficient (Wildman–Crippen LogP) is 4.31. The molecule has 0 bridgehead atoms. The lowest BCUT2D eigenvalue weighted by Crippen LogP contribution is -2.26. The number of carbonyl (C=O) groups excluding carboxylic acids is 1. The van der Waals surface area contributed by atoms with Crippen molar-refractivity contribution in [2.45, 2.75) is 18.7 Å². The Bertz CT molecular complexity index is 597. The number of anilines is 1. The van der Waals surface area contributed by atoms with E-state index in [1.807, 2.05) is 19.2 Å². The molecule has 20 heavy (non-hydrogen) atoms. The highest BCUT2D eigenvalue weighted by Crippen LogP contribution is 2.25. The Morgan fingerprint density at radius 3 is 2.60 bits per heavy atom. The first-order valence-electron chi connectivity index (χ1n) is 6.14. The van der Waals surface area contributed by atoms with Gasteiger partial charge >= 0.3 is 0 Å². The number of carbonyl (C=O) groups is 1. The third-order valence-electron chi connectivity index (χ3n) is 2.71. The van der Waals surface area contributed by atoms with Crippen LogP contribution in [0.5, 0.6) is 0 Å². The molecule has 3 nitrogen and oxygen atoms in total. The number of thiazole rings is 1. The number of aromatic nitrogens is 1. The molecule has 1 aromatic heterocycles. The van der Waals surface area contributed by atoms with Crippen molar-refractivity contribution in [3.63, 3.8) is 0 Å². The minimum atomic E-state index is -0.281. The second kappa shape index (κ2) is 6.45. The van der Waals surface area contributed by atoms with E-state index in [1.54, 1.807) is 12.1 Å². The quantitative estimate of drug-likeness (QED) is 0.829. The number of hydrogen-bond donors (Lipinski definition) is 1. The average molecular weight is 357 g/mol. The molecule has 1 N–H and O–H groups in total. The van der Waals surface area contributed by atoms with Gasteiger partial charge in [0.25, 0.3) is 0 Å². The molecule has 2 rings (SSSR count). The summed E-state index contributed by atoms with van der Waals surface area (Å²) in [6.45, 7) is 3.93. The molecular weight excluding hydrogens is 343 g/mol. The molecule has 0 aliphatic heterocycles. The molecule has 1 amide bonds. The Balaban J connectivity index is 2.09. The van der Waals surface area contributed by atoms with Gasteiger partial charge in [0.05, 0.1) is 10.5 Å². The molecule has 2 aromatic rings. The Morgan fingerprint density at radius 1 is 1.35 bits per heavy atom. The van der Waals surface area contributed by atoms with E-state index in [0.717, 1.165) is 11.3 Å². The van der Waals surface area contributed by atoms with Crippen molar-refractivity contribution in [1.82, 2.24) is 4.98 Å². The fourth-order valence-electron chi connectivity index (χ4n) is 1.56. The van der Waals surface area contributed by atoms with E-state index in [9.17, 15) is 9.18 Å². The van der Waals surface area contributed by atoms with E-state index in [1.165, 1.54) is 23.5 Å². The summed E-state index contributed by atoms with van der Waals surface area (Å²) in [6, 6.07) is 6.11. The van der Waals surface area contributed by atoms with Crippen molar-refractivity contribution in [3.05, 3.63) is 35.5 Å². The zero-order chi connectivity index (χ0) is 14.7. The molecule has 0 radical (unpaired) electrons. The zero-order valence-electron chi connectivity index (χ0n) is 11.1. The number of hydrogen-bond acceptors (Lipinski definition) is 3. The van der Waals surface area contributed by atoms with E-state index in [0.29, 0.717) is 5.13 Å². The Hall–Kier alpha value is -1.27. The van der Waals surface area contributed by atoms with Crippen molar-refractivity contribution < 1.29 is 9.18 Å². The molecule has 1 aromatic carbocycles. The van der Waals surface area contributed by atoms with Crippen LogP contribution in [0.2, 0.25) is 0 Å². The molecule has 0 saturated carbocycles. The lowest BCUT2D eigenvalue weighted by Gasteiger charge is -2.11. The van der Waals surface area contributed by atoms with E-state index >= 15 is 0 Å². The SMILES string of the molecule is CC(C)C(Br)C(=O)Nc1nc(-c2ccc(F)cc2)cs1. The normalized spacial score (nSPS) is 12.4. The topological polar surface area (TPSA) is 42.0 Å². The number of nitrogens with one attached hydrogen (secondary N) is 1. The first-order valence-corrected chi connectivity index (χ1v) is 7.93. The van der Waals surface area contributed by atoms with Gasteiger partial charge in [-0.1, -0.05) is 29.8 Å². The minimum absolute atomic E-state index is 0.111. The maximum absolute atomic E-state index is 12.9. The molecule has 0 spiro atoms. The van der Waals surface area contributed by atoms with Gasteiger partial charge in [-0.25, -0.2) is 9.37 Å². The molecule has 106 valence electrons. The molecule has 6 heteroatoms. The summed E-state index contributed by atoms with van der Waals surface area (Å²) in [4.78, 5) is 16.0. The molecule has 1 unspecified atom stereocenters. The number of benzene rings is 1. The van der Waals surface area contributed by atoms with Gasteiger partial charge in [0.1, 0.15) is 5.82 Å². The van der Waals surface area contributed by atoms with Crippen molar-refractivity contribution in [2.75, 3.05) is 5.32 Å². The molecule has 0 aliphatic carbocycles. The van der Waals surface area contributed by atoms with Crippen LogP contribution in [0.25, 0.3) is 11.3 Å². The first kappa shape index (κ1) is 15.1. The first-order chi connectivity index (χ1) is 9.47. The summed E-state index contributed by atoms with van der Waals surface area (Å²) in [7, 11) is 0. The maximum Gasteiger partial charge on any atom is 0.240 e. The summed E-state index contributed by atoms with van der Waals surface area (Å²) < 4.78 is 12.9. The molecule has 1 atom stereocenters.